The number of carbonyl (C=O) groups excluding carboxylic acids is 1. The molecule has 0 spiro atoms. The quantitative estimate of drug-likeness (QED) is 0.857. The highest BCUT2D eigenvalue weighted by Gasteiger charge is 2.20. The fourth-order valence-electron chi connectivity index (χ4n) is 2.34. The van der Waals surface area contributed by atoms with Gasteiger partial charge in [0.1, 0.15) is 11.4 Å². The van der Waals surface area contributed by atoms with Gasteiger partial charge in [-0.3, -0.25) is 9.59 Å². The minimum Gasteiger partial charge on any atom is -0.497 e. The fourth-order valence-corrected chi connectivity index (χ4v) is 2.34. The van der Waals surface area contributed by atoms with Gasteiger partial charge in [-0.05, 0) is 36.8 Å². The molecule has 2 rings (SSSR count). The molecule has 0 aliphatic carbocycles. The molecule has 1 amide bonds. The Morgan fingerprint density at radius 2 is 1.87 bits per heavy atom. The largest absolute Gasteiger partial charge is 0.497 e. The number of hydrogen-bond acceptors (Lipinski definition) is 3. The SMILES string of the molecule is COc1ccc(C(CC(=O)O)NC(=O)c2ccc(C)n2C)cc1. The lowest BCUT2D eigenvalue weighted by Gasteiger charge is -2.18. The first-order valence-electron chi connectivity index (χ1n) is 7.21. The first-order chi connectivity index (χ1) is 10.9. The number of carboxylic acids is 1. The summed E-state index contributed by atoms with van der Waals surface area (Å²) < 4.78 is 6.86. The van der Waals surface area contributed by atoms with Gasteiger partial charge in [0.2, 0.25) is 0 Å². The van der Waals surface area contributed by atoms with Gasteiger partial charge in [-0.25, -0.2) is 0 Å². The third-order valence-corrected chi connectivity index (χ3v) is 3.81. The molecule has 2 N–H and O–H groups in total. The van der Waals surface area contributed by atoms with Gasteiger partial charge in [-0.15, -0.1) is 0 Å². The number of aryl methyl sites for hydroxylation is 1. The van der Waals surface area contributed by atoms with Crippen LogP contribution in [0.1, 0.15) is 34.2 Å². The van der Waals surface area contributed by atoms with Crippen LogP contribution in [0.5, 0.6) is 5.75 Å². The van der Waals surface area contributed by atoms with Crippen molar-refractivity contribution in [2.24, 2.45) is 7.05 Å². The van der Waals surface area contributed by atoms with Crippen LogP contribution in [-0.2, 0) is 11.8 Å². The highest BCUT2D eigenvalue weighted by molar-refractivity contribution is 5.93. The van der Waals surface area contributed by atoms with Gasteiger partial charge in [0.05, 0.1) is 19.6 Å². The molecule has 0 saturated heterocycles. The Morgan fingerprint density at radius 3 is 2.35 bits per heavy atom. The normalized spacial score (nSPS) is 11.8. The van der Waals surface area contributed by atoms with E-state index >= 15 is 0 Å². The van der Waals surface area contributed by atoms with Gasteiger partial charge in [0.15, 0.2) is 0 Å². The van der Waals surface area contributed by atoms with Crippen LogP contribution in [0.25, 0.3) is 0 Å². The second kappa shape index (κ2) is 7.00. The molecule has 1 atom stereocenters. The van der Waals surface area contributed by atoms with Crippen molar-refractivity contribution >= 4 is 11.9 Å². The van der Waals surface area contributed by atoms with Crippen molar-refractivity contribution in [3.8, 4) is 5.75 Å². The van der Waals surface area contributed by atoms with E-state index in [1.165, 1.54) is 0 Å². The minimum atomic E-state index is -0.978. The second-order valence-corrected chi connectivity index (χ2v) is 5.32. The molecule has 0 bridgehead atoms. The van der Waals surface area contributed by atoms with E-state index in [4.69, 9.17) is 9.84 Å². The summed E-state index contributed by atoms with van der Waals surface area (Å²) in [5, 5.41) is 11.9. The molecule has 0 fully saturated rings. The summed E-state index contributed by atoms with van der Waals surface area (Å²) in [5.41, 5.74) is 2.16. The van der Waals surface area contributed by atoms with E-state index in [2.05, 4.69) is 5.32 Å². The second-order valence-electron chi connectivity index (χ2n) is 5.32. The highest BCUT2D eigenvalue weighted by Crippen LogP contribution is 2.21. The lowest BCUT2D eigenvalue weighted by atomic mass is 10.0. The van der Waals surface area contributed by atoms with Crippen LogP contribution in [0.4, 0.5) is 0 Å². The molecule has 0 saturated carbocycles. The van der Waals surface area contributed by atoms with Gasteiger partial charge < -0.3 is 19.7 Å². The number of benzene rings is 1. The predicted molar refractivity (Wildman–Crippen MR) is 85.6 cm³/mol. The Morgan fingerprint density at radius 1 is 1.22 bits per heavy atom. The molecule has 1 aromatic heterocycles. The van der Waals surface area contributed by atoms with Crippen LogP contribution in [0.3, 0.4) is 0 Å². The van der Waals surface area contributed by atoms with Crippen LogP contribution in [0.2, 0.25) is 0 Å². The summed E-state index contributed by atoms with van der Waals surface area (Å²) in [6.45, 7) is 1.90. The van der Waals surface area contributed by atoms with E-state index in [9.17, 15) is 9.59 Å². The summed E-state index contributed by atoms with van der Waals surface area (Å²) >= 11 is 0. The standard InChI is InChI=1S/C17H20N2O4/c1-11-4-9-15(19(11)2)17(22)18-14(10-16(20)21)12-5-7-13(23-3)8-6-12/h4-9,14H,10H2,1-3H3,(H,18,22)(H,20,21). The van der Waals surface area contributed by atoms with Crippen LogP contribution in [0.15, 0.2) is 36.4 Å². The number of rotatable bonds is 6. The van der Waals surface area contributed by atoms with Crippen molar-refractivity contribution in [1.82, 2.24) is 9.88 Å². The average molecular weight is 316 g/mol. The Bertz CT molecular complexity index is 704. The number of methoxy groups -OCH3 is 1. The maximum absolute atomic E-state index is 12.4. The van der Waals surface area contributed by atoms with E-state index in [0.717, 1.165) is 5.69 Å². The molecule has 1 heterocycles. The van der Waals surface area contributed by atoms with Gasteiger partial charge in [0.25, 0.3) is 5.91 Å². The van der Waals surface area contributed by atoms with Crippen molar-refractivity contribution in [3.63, 3.8) is 0 Å². The predicted octanol–water partition coefficient (Wildman–Crippen LogP) is 2.29. The number of hydrogen-bond donors (Lipinski definition) is 2. The van der Waals surface area contributed by atoms with Crippen molar-refractivity contribution in [3.05, 3.63) is 53.3 Å². The number of ether oxygens (including phenoxy) is 1. The van der Waals surface area contributed by atoms with Gasteiger partial charge in [-0.1, -0.05) is 12.1 Å². The topological polar surface area (TPSA) is 80.6 Å². The Kier molecular flexibility index (Phi) is 5.05. The highest BCUT2D eigenvalue weighted by atomic mass is 16.5. The molecular weight excluding hydrogens is 296 g/mol. The van der Waals surface area contributed by atoms with Crippen molar-refractivity contribution in [2.45, 2.75) is 19.4 Å². The van der Waals surface area contributed by atoms with Gasteiger partial charge in [0, 0.05) is 12.7 Å². The summed E-state index contributed by atoms with van der Waals surface area (Å²) in [5.74, 6) is -0.607. The van der Waals surface area contributed by atoms with Crippen LogP contribution in [0, 0.1) is 6.92 Å². The van der Waals surface area contributed by atoms with Crippen LogP contribution in [-0.4, -0.2) is 28.7 Å². The van der Waals surface area contributed by atoms with Crippen molar-refractivity contribution in [1.29, 1.82) is 0 Å². The Balaban J connectivity index is 2.22. The number of nitrogens with one attached hydrogen (secondary N) is 1. The zero-order valence-corrected chi connectivity index (χ0v) is 13.4. The molecule has 0 aliphatic rings. The zero-order chi connectivity index (χ0) is 17.0. The molecule has 6 heteroatoms. The smallest absolute Gasteiger partial charge is 0.305 e. The van der Waals surface area contributed by atoms with Crippen molar-refractivity contribution < 1.29 is 19.4 Å². The first kappa shape index (κ1) is 16.6. The molecule has 0 aliphatic heterocycles. The van der Waals surface area contributed by atoms with E-state index in [1.54, 1.807) is 49.1 Å². The molecule has 1 aromatic carbocycles. The number of carboxylic acid groups (broad SMARTS) is 1. The van der Waals surface area contributed by atoms with E-state index in [1.807, 2.05) is 13.0 Å². The summed E-state index contributed by atoms with van der Waals surface area (Å²) in [7, 11) is 3.35. The number of aromatic nitrogens is 1. The molecule has 0 radical (unpaired) electrons. The maximum atomic E-state index is 12.4. The Labute approximate surface area is 134 Å². The van der Waals surface area contributed by atoms with Gasteiger partial charge >= 0.3 is 5.97 Å². The first-order valence-corrected chi connectivity index (χ1v) is 7.21. The fraction of sp³-hybridized carbons (Fsp3) is 0.294. The molecule has 6 nitrogen and oxygen atoms in total. The number of amides is 1. The number of carbonyl (C=O) groups is 2. The molecule has 122 valence electrons. The average Bonchev–Trinajstić information content (AvgIpc) is 2.86. The molecule has 23 heavy (non-hydrogen) atoms. The van der Waals surface area contributed by atoms with Crippen molar-refractivity contribution in [2.75, 3.05) is 7.11 Å². The zero-order valence-electron chi connectivity index (χ0n) is 13.4. The summed E-state index contributed by atoms with van der Waals surface area (Å²) in [4.78, 5) is 23.5. The monoisotopic (exact) mass is 316 g/mol. The summed E-state index contributed by atoms with van der Waals surface area (Å²) in [6, 6.07) is 9.93. The van der Waals surface area contributed by atoms with Gasteiger partial charge in [-0.2, -0.15) is 0 Å². The summed E-state index contributed by atoms with van der Waals surface area (Å²) in [6.07, 6.45) is -0.193. The lowest BCUT2D eigenvalue weighted by Crippen LogP contribution is -2.31. The maximum Gasteiger partial charge on any atom is 0.305 e. The molecule has 2 aromatic rings. The molecular formula is C17H20N2O4. The van der Waals surface area contributed by atoms with Crippen LogP contribution >= 0.6 is 0 Å². The lowest BCUT2D eigenvalue weighted by molar-refractivity contribution is -0.137. The third kappa shape index (κ3) is 3.91. The number of nitrogens with zero attached hydrogens (tertiary/aromatic N) is 1. The minimum absolute atomic E-state index is 0.193. The van der Waals surface area contributed by atoms with E-state index in [-0.39, 0.29) is 12.3 Å². The third-order valence-electron chi connectivity index (χ3n) is 3.81. The van der Waals surface area contributed by atoms with E-state index < -0.39 is 12.0 Å². The Hall–Kier alpha value is -2.76. The molecule has 1 unspecified atom stereocenters. The number of aliphatic carboxylic acids is 1. The van der Waals surface area contributed by atoms with Crippen LogP contribution < -0.4 is 10.1 Å². The van der Waals surface area contributed by atoms with E-state index in [0.29, 0.717) is 17.0 Å².